The number of allylic oxidation sites excluding steroid dienone is 3. The molecule has 3 aliphatic rings. The van der Waals surface area contributed by atoms with Crippen LogP contribution in [-0.4, -0.2) is 55.0 Å². The average Bonchev–Trinajstić information content (AvgIpc) is 3.51. The lowest BCUT2D eigenvalue weighted by atomic mass is 9.83. The summed E-state index contributed by atoms with van der Waals surface area (Å²) >= 11 is 0. The van der Waals surface area contributed by atoms with Gasteiger partial charge in [-0.3, -0.25) is 4.79 Å². The van der Waals surface area contributed by atoms with Crippen molar-refractivity contribution in [3.63, 3.8) is 0 Å². The molecule has 0 aromatic heterocycles. The SMILES string of the molecule is CNC(=O)O[C@@H](C)/C=C\C(=O)NC1CCC(C/C=C(C)/C=C/[C@@H]2C[C@]3(CN3)CC(C)(C)O2)CC1. The van der Waals surface area contributed by atoms with Gasteiger partial charge in [0.05, 0.1) is 11.7 Å². The van der Waals surface area contributed by atoms with E-state index in [2.05, 4.69) is 54.9 Å². The second-order valence-electron chi connectivity index (χ2n) is 10.9. The van der Waals surface area contributed by atoms with Gasteiger partial charge < -0.3 is 25.4 Å². The fourth-order valence-corrected chi connectivity index (χ4v) is 5.23. The first kappa shape index (κ1) is 26.5. The minimum absolute atomic E-state index is 0.0736. The van der Waals surface area contributed by atoms with E-state index in [9.17, 15) is 9.59 Å². The van der Waals surface area contributed by atoms with Crippen LogP contribution in [0.5, 0.6) is 0 Å². The zero-order valence-electron chi connectivity index (χ0n) is 21.5. The highest BCUT2D eigenvalue weighted by molar-refractivity contribution is 5.87. The van der Waals surface area contributed by atoms with E-state index in [-0.39, 0.29) is 23.7 Å². The zero-order valence-corrected chi connectivity index (χ0v) is 21.5. The fraction of sp³-hybridized carbons (Fsp3) is 0.704. The Bertz CT molecular complexity index is 799. The molecule has 2 saturated heterocycles. The molecule has 0 aromatic carbocycles. The van der Waals surface area contributed by atoms with Crippen LogP contribution in [0.3, 0.4) is 0 Å². The molecule has 3 fully saturated rings. The van der Waals surface area contributed by atoms with Crippen molar-refractivity contribution in [3.8, 4) is 0 Å². The smallest absolute Gasteiger partial charge is 0.407 e. The fourth-order valence-electron chi connectivity index (χ4n) is 5.23. The molecule has 1 aliphatic carbocycles. The molecule has 2 heterocycles. The monoisotopic (exact) mass is 473 g/mol. The summed E-state index contributed by atoms with van der Waals surface area (Å²) in [6.45, 7) is 9.38. The van der Waals surface area contributed by atoms with Crippen molar-refractivity contribution in [2.45, 2.75) is 102 Å². The second kappa shape index (κ2) is 11.5. The first-order chi connectivity index (χ1) is 16.1. The molecule has 1 spiro atoms. The topological polar surface area (TPSA) is 98.6 Å². The van der Waals surface area contributed by atoms with Crippen molar-refractivity contribution in [1.29, 1.82) is 0 Å². The molecule has 0 unspecified atom stereocenters. The molecule has 3 rings (SSSR count). The van der Waals surface area contributed by atoms with E-state index in [1.807, 2.05) is 0 Å². The van der Waals surface area contributed by atoms with Crippen molar-refractivity contribution < 1.29 is 19.1 Å². The molecule has 0 aromatic rings. The van der Waals surface area contributed by atoms with Gasteiger partial charge in [0.15, 0.2) is 0 Å². The Morgan fingerprint density at radius 1 is 1.21 bits per heavy atom. The summed E-state index contributed by atoms with van der Waals surface area (Å²) in [5, 5.41) is 9.01. The van der Waals surface area contributed by atoms with E-state index in [0.29, 0.717) is 11.5 Å². The van der Waals surface area contributed by atoms with Gasteiger partial charge in [0.1, 0.15) is 6.10 Å². The molecule has 1 saturated carbocycles. The van der Waals surface area contributed by atoms with Crippen LogP contribution in [0.15, 0.2) is 36.0 Å². The number of hydrogen-bond acceptors (Lipinski definition) is 5. The first-order valence-electron chi connectivity index (χ1n) is 12.7. The summed E-state index contributed by atoms with van der Waals surface area (Å²) in [4.78, 5) is 23.4. The predicted octanol–water partition coefficient (Wildman–Crippen LogP) is 4.15. The Balaban J connectivity index is 1.35. The second-order valence-corrected chi connectivity index (χ2v) is 10.9. The number of amides is 2. The van der Waals surface area contributed by atoms with Crippen LogP contribution in [0.1, 0.15) is 72.6 Å². The van der Waals surface area contributed by atoms with Crippen molar-refractivity contribution in [1.82, 2.24) is 16.0 Å². The standard InChI is InChI=1S/C27H43N3O4/c1-19(7-14-23-16-27(18-29-27)17-26(3,4)34-23)6-9-21-10-12-22(13-11-21)30-24(31)15-8-20(2)33-25(32)28-5/h6-8,14-15,20-23,29H,9-13,16-18H2,1-5H3,(H,28,32)(H,30,31)/b14-7+,15-8-,19-6+/t20-,21?,22?,23+,27+/m0/s1. The molecular weight excluding hydrogens is 430 g/mol. The molecule has 3 N–H and O–H groups in total. The van der Waals surface area contributed by atoms with E-state index < -0.39 is 12.2 Å². The minimum Gasteiger partial charge on any atom is -0.442 e. The molecule has 0 bridgehead atoms. The van der Waals surface area contributed by atoms with Gasteiger partial charge in [-0.25, -0.2) is 4.79 Å². The number of carbonyl (C=O) groups excluding carboxylic acids is 2. The van der Waals surface area contributed by atoms with Gasteiger partial charge in [-0.1, -0.05) is 23.8 Å². The van der Waals surface area contributed by atoms with Gasteiger partial charge in [0, 0.05) is 31.2 Å². The molecule has 34 heavy (non-hydrogen) atoms. The van der Waals surface area contributed by atoms with E-state index in [4.69, 9.17) is 9.47 Å². The number of hydrogen-bond donors (Lipinski definition) is 3. The number of alkyl carbamates (subject to hydrolysis) is 1. The van der Waals surface area contributed by atoms with Crippen molar-refractivity contribution in [2.24, 2.45) is 5.92 Å². The third kappa shape index (κ3) is 8.58. The summed E-state index contributed by atoms with van der Waals surface area (Å²) in [5.74, 6) is 0.532. The normalized spacial score (nSPS) is 32.0. The molecule has 0 radical (unpaired) electrons. The maximum Gasteiger partial charge on any atom is 0.407 e. The zero-order chi connectivity index (χ0) is 24.8. The quantitative estimate of drug-likeness (QED) is 0.279. The summed E-state index contributed by atoms with van der Waals surface area (Å²) in [5.41, 5.74) is 1.52. The van der Waals surface area contributed by atoms with Crippen LogP contribution in [0, 0.1) is 5.92 Å². The van der Waals surface area contributed by atoms with Gasteiger partial charge in [0.25, 0.3) is 0 Å². The molecular formula is C27H43N3O4. The van der Waals surface area contributed by atoms with E-state index >= 15 is 0 Å². The molecule has 3 atom stereocenters. The van der Waals surface area contributed by atoms with E-state index in [0.717, 1.165) is 51.5 Å². The Hall–Kier alpha value is -2.12. The molecule has 190 valence electrons. The molecule has 7 heteroatoms. The summed E-state index contributed by atoms with van der Waals surface area (Å²) in [6.07, 6.45) is 16.5. The number of ether oxygens (including phenoxy) is 2. The largest absolute Gasteiger partial charge is 0.442 e. The Kier molecular flexibility index (Phi) is 8.99. The number of rotatable bonds is 8. The van der Waals surface area contributed by atoms with Crippen LogP contribution in [0.2, 0.25) is 0 Å². The highest BCUT2D eigenvalue weighted by atomic mass is 16.6. The summed E-state index contributed by atoms with van der Waals surface area (Å²) in [7, 11) is 1.50. The highest BCUT2D eigenvalue weighted by Crippen LogP contribution is 2.41. The van der Waals surface area contributed by atoms with Crippen LogP contribution < -0.4 is 16.0 Å². The Labute approximate surface area is 204 Å². The van der Waals surface area contributed by atoms with Crippen LogP contribution in [0.25, 0.3) is 0 Å². The minimum atomic E-state index is -0.508. The maximum absolute atomic E-state index is 12.2. The van der Waals surface area contributed by atoms with Gasteiger partial charge in [-0.05, 0) is 84.6 Å². The van der Waals surface area contributed by atoms with Gasteiger partial charge >= 0.3 is 6.09 Å². The summed E-state index contributed by atoms with van der Waals surface area (Å²) in [6, 6.07) is 0.212. The lowest BCUT2D eigenvalue weighted by Crippen LogP contribution is -2.44. The van der Waals surface area contributed by atoms with Crippen molar-refractivity contribution >= 4 is 12.0 Å². The Morgan fingerprint density at radius 3 is 2.56 bits per heavy atom. The van der Waals surface area contributed by atoms with E-state index in [1.165, 1.54) is 18.7 Å². The van der Waals surface area contributed by atoms with Crippen molar-refractivity contribution in [3.05, 3.63) is 36.0 Å². The first-order valence-corrected chi connectivity index (χ1v) is 12.7. The van der Waals surface area contributed by atoms with Gasteiger partial charge in [0.2, 0.25) is 5.91 Å². The highest BCUT2D eigenvalue weighted by Gasteiger charge is 2.51. The lowest BCUT2D eigenvalue weighted by molar-refractivity contribution is -0.117. The van der Waals surface area contributed by atoms with Crippen LogP contribution >= 0.6 is 0 Å². The summed E-state index contributed by atoms with van der Waals surface area (Å²) < 4.78 is 11.3. The number of carbonyl (C=O) groups is 2. The average molecular weight is 474 g/mol. The molecule has 7 nitrogen and oxygen atoms in total. The lowest BCUT2D eigenvalue weighted by Gasteiger charge is -2.39. The molecule has 2 aliphatic heterocycles. The van der Waals surface area contributed by atoms with E-state index in [1.54, 1.807) is 13.0 Å². The Morgan fingerprint density at radius 2 is 1.91 bits per heavy atom. The van der Waals surface area contributed by atoms with Crippen LogP contribution in [-0.2, 0) is 14.3 Å². The maximum atomic E-state index is 12.2. The van der Waals surface area contributed by atoms with Gasteiger partial charge in [-0.15, -0.1) is 0 Å². The van der Waals surface area contributed by atoms with Gasteiger partial charge in [-0.2, -0.15) is 0 Å². The predicted molar refractivity (Wildman–Crippen MR) is 134 cm³/mol. The molecule has 2 amide bonds. The third-order valence-corrected chi connectivity index (χ3v) is 7.06. The van der Waals surface area contributed by atoms with Crippen molar-refractivity contribution in [2.75, 3.05) is 13.6 Å². The van der Waals surface area contributed by atoms with Crippen LogP contribution in [0.4, 0.5) is 4.79 Å². The number of nitrogens with one attached hydrogen (secondary N) is 3. The third-order valence-electron chi connectivity index (χ3n) is 7.06.